The van der Waals surface area contributed by atoms with E-state index < -0.39 is 11.6 Å². The number of hydrogen-bond donors (Lipinski definition) is 1. The van der Waals surface area contributed by atoms with Crippen LogP contribution in [-0.2, 0) is 0 Å². The highest BCUT2D eigenvalue weighted by Crippen LogP contribution is 2.45. The molecule has 0 aromatic heterocycles. The first kappa shape index (κ1) is 14.5. The van der Waals surface area contributed by atoms with E-state index in [2.05, 4.69) is 17.4 Å². The average molecular weight is 305 g/mol. The second-order valence-corrected chi connectivity index (χ2v) is 6.23. The first-order valence-electron chi connectivity index (χ1n) is 7.10. The zero-order chi connectivity index (χ0) is 14.8. The maximum Gasteiger partial charge on any atom is 0.159 e. The van der Waals surface area contributed by atoms with E-state index in [4.69, 9.17) is 0 Å². The lowest BCUT2D eigenvalue weighted by Crippen LogP contribution is -2.27. The van der Waals surface area contributed by atoms with Gasteiger partial charge in [-0.3, -0.25) is 0 Å². The van der Waals surface area contributed by atoms with Gasteiger partial charge in [-0.05, 0) is 35.9 Å². The van der Waals surface area contributed by atoms with E-state index >= 15 is 0 Å². The Morgan fingerprint density at radius 3 is 2.76 bits per heavy atom. The minimum atomic E-state index is -0.796. The first-order valence-corrected chi connectivity index (χ1v) is 8.09. The molecule has 0 radical (unpaired) electrons. The van der Waals surface area contributed by atoms with E-state index in [0.717, 1.165) is 17.9 Å². The molecule has 1 heterocycles. The molecule has 1 aliphatic heterocycles. The van der Waals surface area contributed by atoms with Crippen molar-refractivity contribution in [1.82, 2.24) is 5.32 Å². The molecule has 1 aliphatic rings. The molecular weight excluding hydrogens is 288 g/mol. The number of halogens is 2. The van der Waals surface area contributed by atoms with E-state index in [9.17, 15) is 8.78 Å². The van der Waals surface area contributed by atoms with E-state index in [1.807, 2.05) is 30.8 Å². The van der Waals surface area contributed by atoms with Crippen molar-refractivity contribution in [3.05, 3.63) is 65.2 Å². The molecule has 0 saturated carbocycles. The molecule has 4 heteroatoms. The Balaban J connectivity index is 1.97. The second kappa shape index (κ2) is 6.16. The van der Waals surface area contributed by atoms with Crippen LogP contribution >= 0.6 is 11.8 Å². The van der Waals surface area contributed by atoms with Crippen molar-refractivity contribution >= 4 is 11.8 Å². The first-order chi connectivity index (χ1) is 10.2. The van der Waals surface area contributed by atoms with Gasteiger partial charge >= 0.3 is 0 Å². The molecule has 0 fully saturated rings. The lowest BCUT2D eigenvalue weighted by atomic mass is 9.88. The highest BCUT2D eigenvalue weighted by molar-refractivity contribution is 7.99. The summed E-state index contributed by atoms with van der Waals surface area (Å²) < 4.78 is 26.7. The summed E-state index contributed by atoms with van der Waals surface area (Å²) in [5.41, 5.74) is 2.09. The number of hydrogen-bond acceptors (Lipinski definition) is 2. The SMILES string of the molecule is CCNC(c1ccc(F)c(F)c1)C1CSc2ccccc21. The summed E-state index contributed by atoms with van der Waals surface area (Å²) >= 11 is 1.82. The van der Waals surface area contributed by atoms with E-state index in [1.165, 1.54) is 22.6 Å². The molecule has 2 aromatic carbocycles. The van der Waals surface area contributed by atoms with Crippen molar-refractivity contribution in [2.45, 2.75) is 23.8 Å². The number of thioether (sulfide) groups is 1. The largest absolute Gasteiger partial charge is 0.310 e. The van der Waals surface area contributed by atoms with Gasteiger partial charge in [0.1, 0.15) is 0 Å². The molecule has 0 bridgehead atoms. The summed E-state index contributed by atoms with van der Waals surface area (Å²) in [6, 6.07) is 12.5. The maximum atomic E-state index is 13.6. The summed E-state index contributed by atoms with van der Waals surface area (Å²) in [6.07, 6.45) is 0. The lowest BCUT2D eigenvalue weighted by molar-refractivity contribution is 0.471. The van der Waals surface area contributed by atoms with Crippen LogP contribution in [0.4, 0.5) is 8.78 Å². The van der Waals surface area contributed by atoms with Crippen molar-refractivity contribution in [3.8, 4) is 0 Å². The van der Waals surface area contributed by atoms with Gasteiger partial charge in [-0.25, -0.2) is 8.78 Å². The van der Waals surface area contributed by atoms with Gasteiger partial charge in [-0.15, -0.1) is 11.8 Å². The Labute approximate surface area is 127 Å². The van der Waals surface area contributed by atoms with Crippen LogP contribution in [0.3, 0.4) is 0 Å². The smallest absolute Gasteiger partial charge is 0.159 e. The topological polar surface area (TPSA) is 12.0 Å². The molecule has 2 unspecified atom stereocenters. The van der Waals surface area contributed by atoms with Crippen molar-refractivity contribution in [2.24, 2.45) is 0 Å². The quantitative estimate of drug-likeness (QED) is 0.892. The molecule has 2 atom stereocenters. The molecule has 0 spiro atoms. The normalized spacial score (nSPS) is 18.5. The van der Waals surface area contributed by atoms with Gasteiger partial charge in [0.2, 0.25) is 0 Å². The zero-order valence-electron chi connectivity index (χ0n) is 11.8. The molecule has 1 nitrogen and oxygen atoms in total. The van der Waals surface area contributed by atoms with Gasteiger partial charge in [-0.2, -0.15) is 0 Å². The molecular formula is C17H17F2NS. The van der Waals surface area contributed by atoms with Gasteiger partial charge in [-0.1, -0.05) is 31.2 Å². The molecule has 0 saturated heterocycles. The Hall–Kier alpha value is -1.39. The summed E-state index contributed by atoms with van der Waals surface area (Å²) in [7, 11) is 0. The summed E-state index contributed by atoms with van der Waals surface area (Å²) in [5, 5.41) is 3.43. The fourth-order valence-corrected chi connectivity index (χ4v) is 4.17. The van der Waals surface area contributed by atoms with Crippen molar-refractivity contribution in [1.29, 1.82) is 0 Å². The van der Waals surface area contributed by atoms with Gasteiger partial charge in [0.05, 0.1) is 0 Å². The number of likely N-dealkylation sites (N-methyl/N-ethyl adjacent to an activating group) is 1. The van der Waals surface area contributed by atoms with Crippen molar-refractivity contribution in [3.63, 3.8) is 0 Å². The van der Waals surface area contributed by atoms with Gasteiger partial charge in [0.25, 0.3) is 0 Å². The maximum absolute atomic E-state index is 13.6. The third kappa shape index (κ3) is 2.83. The van der Waals surface area contributed by atoms with E-state index in [-0.39, 0.29) is 12.0 Å². The molecule has 110 valence electrons. The number of rotatable bonds is 4. The van der Waals surface area contributed by atoms with E-state index in [1.54, 1.807) is 6.07 Å². The molecule has 2 aromatic rings. The standard InChI is InChI=1S/C17H17F2NS/c1-2-20-17(11-7-8-14(18)15(19)9-11)13-10-21-16-6-4-3-5-12(13)16/h3-9,13,17,20H,2,10H2,1H3. The van der Waals surface area contributed by atoms with Gasteiger partial charge < -0.3 is 5.32 Å². The van der Waals surface area contributed by atoms with Crippen LogP contribution in [0.15, 0.2) is 47.4 Å². The minimum Gasteiger partial charge on any atom is -0.310 e. The fraction of sp³-hybridized carbons (Fsp3) is 0.294. The molecule has 0 amide bonds. The van der Waals surface area contributed by atoms with Crippen molar-refractivity contribution in [2.75, 3.05) is 12.3 Å². The fourth-order valence-electron chi connectivity index (χ4n) is 2.88. The zero-order valence-corrected chi connectivity index (χ0v) is 12.6. The number of fused-ring (bicyclic) bond motifs is 1. The Bertz CT molecular complexity index is 644. The molecule has 3 rings (SSSR count). The van der Waals surface area contributed by atoms with Crippen LogP contribution in [-0.4, -0.2) is 12.3 Å². The number of nitrogens with one attached hydrogen (secondary N) is 1. The van der Waals surface area contributed by atoms with Gasteiger partial charge in [0.15, 0.2) is 11.6 Å². The summed E-state index contributed by atoms with van der Waals surface area (Å²) in [5.74, 6) is -0.351. The van der Waals surface area contributed by atoms with E-state index in [0.29, 0.717) is 0 Å². The van der Waals surface area contributed by atoms with Gasteiger partial charge in [0, 0.05) is 22.6 Å². The molecule has 0 aliphatic carbocycles. The number of benzene rings is 2. The lowest BCUT2D eigenvalue weighted by Gasteiger charge is -2.25. The second-order valence-electron chi connectivity index (χ2n) is 5.16. The van der Waals surface area contributed by atoms with Crippen LogP contribution in [0.25, 0.3) is 0 Å². The third-order valence-electron chi connectivity index (χ3n) is 3.87. The Morgan fingerprint density at radius 1 is 1.19 bits per heavy atom. The Morgan fingerprint density at radius 2 is 2.00 bits per heavy atom. The third-order valence-corrected chi connectivity index (χ3v) is 5.07. The van der Waals surface area contributed by atoms with Crippen LogP contribution in [0.1, 0.15) is 30.0 Å². The monoisotopic (exact) mass is 305 g/mol. The predicted molar refractivity (Wildman–Crippen MR) is 82.7 cm³/mol. The highest BCUT2D eigenvalue weighted by Gasteiger charge is 2.31. The summed E-state index contributed by atoms with van der Waals surface area (Å²) in [4.78, 5) is 1.29. The van der Waals surface area contributed by atoms with Crippen LogP contribution < -0.4 is 5.32 Å². The summed E-state index contributed by atoms with van der Waals surface area (Å²) in [6.45, 7) is 2.81. The molecule has 1 N–H and O–H groups in total. The average Bonchev–Trinajstić information content (AvgIpc) is 2.92. The highest BCUT2D eigenvalue weighted by atomic mass is 32.2. The minimum absolute atomic E-state index is 0.00116. The van der Waals surface area contributed by atoms with Crippen molar-refractivity contribution < 1.29 is 8.78 Å². The Kier molecular flexibility index (Phi) is 4.27. The van der Waals surface area contributed by atoms with Crippen LogP contribution in [0, 0.1) is 11.6 Å². The van der Waals surface area contributed by atoms with Crippen LogP contribution in [0.2, 0.25) is 0 Å². The van der Waals surface area contributed by atoms with Crippen LogP contribution in [0.5, 0.6) is 0 Å². The predicted octanol–water partition coefficient (Wildman–Crippen LogP) is 4.50. The molecule has 21 heavy (non-hydrogen) atoms.